The maximum Gasteiger partial charge on any atom is 0.224 e. The number of nitriles is 1. The summed E-state index contributed by atoms with van der Waals surface area (Å²) in [5.74, 6) is 0.0946. The number of piperidine rings is 1. The van der Waals surface area contributed by atoms with Gasteiger partial charge in [-0.2, -0.15) is 5.26 Å². The van der Waals surface area contributed by atoms with Gasteiger partial charge >= 0.3 is 0 Å². The Balaban J connectivity index is 1.55. The Morgan fingerprint density at radius 1 is 1.24 bits per heavy atom. The largest absolute Gasteiger partial charge is 0.351 e. The lowest BCUT2D eigenvalue weighted by Gasteiger charge is -2.32. The van der Waals surface area contributed by atoms with Gasteiger partial charge in [0.15, 0.2) is 0 Å². The lowest BCUT2D eigenvalue weighted by atomic mass is 9.99. The molecule has 0 radical (unpaired) electrons. The van der Waals surface area contributed by atoms with Gasteiger partial charge in [0.25, 0.3) is 0 Å². The van der Waals surface area contributed by atoms with Gasteiger partial charge in [0.2, 0.25) is 5.91 Å². The molecule has 21 heavy (non-hydrogen) atoms. The van der Waals surface area contributed by atoms with Crippen LogP contribution >= 0.6 is 0 Å². The summed E-state index contributed by atoms with van der Waals surface area (Å²) >= 11 is 0. The number of benzene rings is 1. The molecule has 2 atom stereocenters. The van der Waals surface area contributed by atoms with Crippen LogP contribution in [0.4, 0.5) is 0 Å². The molecule has 2 aliphatic heterocycles. The van der Waals surface area contributed by atoms with Crippen molar-refractivity contribution in [3.05, 3.63) is 35.4 Å². The molecule has 2 saturated heterocycles. The van der Waals surface area contributed by atoms with Crippen LogP contribution in [0.2, 0.25) is 0 Å². The molecule has 0 bridgehead atoms. The van der Waals surface area contributed by atoms with E-state index in [1.54, 1.807) is 12.1 Å². The van der Waals surface area contributed by atoms with E-state index in [4.69, 9.17) is 5.26 Å². The first-order valence-electron chi connectivity index (χ1n) is 7.79. The molecular weight excluding hydrogens is 262 g/mol. The minimum absolute atomic E-state index is 0.0946. The number of amides is 1. The first kappa shape index (κ1) is 14.1. The molecule has 0 aliphatic carbocycles. The van der Waals surface area contributed by atoms with Crippen molar-refractivity contribution < 1.29 is 4.79 Å². The first-order chi connectivity index (χ1) is 10.3. The second-order valence-corrected chi connectivity index (χ2v) is 6.05. The van der Waals surface area contributed by atoms with Gasteiger partial charge < -0.3 is 5.32 Å². The van der Waals surface area contributed by atoms with E-state index in [0.29, 0.717) is 24.1 Å². The number of nitrogens with zero attached hydrogens (tertiary/aromatic N) is 2. The molecule has 2 fully saturated rings. The molecule has 110 valence electrons. The van der Waals surface area contributed by atoms with Gasteiger partial charge in [0.05, 0.1) is 18.1 Å². The number of hydrogen-bond donors (Lipinski definition) is 1. The molecular formula is C17H21N3O. The molecule has 0 saturated carbocycles. The third kappa shape index (κ3) is 3.25. The average Bonchev–Trinajstić information content (AvgIpc) is 2.91. The number of fused-ring (bicyclic) bond motifs is 1. The number of carbonyl (C=O) groups is 1. The fourth-order valence-corrected chi connectivity index (χ4v) is 3.56. The van der Waals surface area contributed by atoms with Crippen LogP contribution in [-0.2, 0) is 11.2 Å². The fraction of sp³-hybridized carbons (Fsp3) is 0.529. The van der Waals surface area contributed by atoms with Crippen LogP contribution in [0.15, 0.2) is 24.3 Å². The molecule has 1 aromatic carbocycles. The van der Waals surface area contributed by atoms with E-state index in [-0.39, 0.29) is 5.91 Å². The van der Waals surface area contributed by atoms with Gasteiger partial charge in [-0.05, 0) is 43.5 Å². The number of carbonyl (C=O) groups excluding carboxylic acids is 1. The Morgan fingerprint density at radius 2 is 2.05 bits per heavy atom. The van der Waals surface area contributed by atoms with Crippen molar-refractivity contribution in [3.63, 3.8) is 0 Å². The minimum atomic E-state index is 0.0946. The number of nitrogens with one attached hydrogen (secondary N) is 1. The molecule has 0 aromatic heterocycles. The molecule has 2 heterocycles. The molecule has 1 aromatic rings. The van der Waals surface area contributed by atoms with Crippen molar-refractivity contribution in [2.45, 2.75) is 44.2 Å². The van der Waals surface area contributed by atoms with Crippen LogP contribution in [0.25, 0.3) is 0 Å². The van der Waals surface area contributed by atoms with E-state index in [1.807, 2.05) is 12.1 Å². The van der Waals surface area contributed by atoms with E-state index in [9.17, 15) is 4.79 Å². The summed E-state index contributed by atoms with van der Waals surface area (Å²) < 4.78 is 0. The lowest BCUT2D eigenvalue weighted by molar-refractivity contribution is -0.121. The first-order valence-corrected chi connectivity index (χ1v) is 7.79. The monoisotopic (exact) mass is 283 g/mol. The lowest BCUT2D eigenvalue weighted by Crippen LogP contribution is -2.47. The quantitative estimate of drug-likeness (QED) is 0.921. The predicted molar refractivity (Wildman–Crippen MR) is 80.6 cm³/mol. The normalized spacial score (nSPS) is 25.1. The average molecular weight is 283 g/mol. The third-order valence-electron chi connectivity index (χ3n) is 4.65. The maximum absolute atomic E-state index is 12.2. The number of hydrogen-bond acceptors (Lipinski definition) is 3. The van der Waals surface area contributed by atoms with Crippen molar-refractivity contribution >= 4 is 5.91 Å². The Kier molecular flexibility index (Phi) is 4.21. The highest BCUT2D eigenvalue weighted by atomic mass is 16.1. The van der Waals surface area contributed by atoms with Crippen LogP contribution in [0.5, 0.6) is 0 Å². The topological polar surface area (TPSA) is 56.1 Å². The molecule has 1 N–H and O–H groups in total. The zero-order valence-corrected chi connectivity index (χ0v) is 12.2. The second kappa shape index (κ2) is 6.28. The van der Waals surface area contributed by atoms with Crippen LogP contribution < -0.4 is 5.32 Å². The maximum atomic E-state index is 12.2. The molecule has 4 nitrogen and oxygen atoms in total. The highest BCUT2D eigenvalue weighted by Crippen LogP contribution is 2.27. The number of rotatable bonds is 3. The van der Waals surface area contributed by atoms with Gasteiger partial charge in [-0.25, -0.2) is 0 Å². The van der Waals surface area contributed by atoms with E-state index in [1.165, 1.54) is 25.8 Å². The summed E-state index contributed by atoms with van der Waals surface area (Å²) in [6.07, 6.45) is 5.26. The van der Waals surface area contributed by atoms with E-state index in [0.717, 1.165) is 18.5 Å². The van der Waals surface area contributed by atoms with Crippen molar-refractivity contribution in [1.82, 2.24) is 10.2 Å². The Hall–Kier alpha value is -1.86. The van der Waals surface area contributed by atoms with Gasteiger partial charge in [-0.15, -0.1) is 0 Å². The van der Waals surface area contributed by atoms with Crippen molar-refractivity contribution in [2.24, 2.45) is 0 Å². The Bertz CT molecular complexity index is 546. The highest BCUT2D eigenvalue weighted by Gasteiger charge is 2.35. The Labute approximate surface area is 125 Å². The van der Waals surface area contributed by atoms with Gasteiger partial charge in [-0.3, -0.25) is 9.69 Å². The molecule has 1 amide bonds. The standard InChI is InChI=1S/C17H21N3O/c18-12-14-6-4-13(5-7-14)11-17(21)19-15-8-10-20-9-2-1-3-16(15)20/h4-7,15-16H,1-3,8-11H2,(H,19,21). The minimum Gasteiger partial charge on any atom is -0.351 e. The van der Waals surface area contributed by atoms with Gasteiger partial charge in [-0.1, -0.05) is 18.6 Å². The predicted octanol–water partition coefficient (Wildman–Crippen LogP) is 1.84. The SMILES string of the molecule is N#Cc1ccc(CC(=O)NC2CCN3CCCCC23)cc1. The summed E-state index contributed by atoms with van der Waals surface area (Å²) in [5, 5.41) is 12.0. The van der Waals surface area contributed by atoms with Crippen LogP contribution in [0.1, 0.15) is 36.8 Å². The summed E-state index contributed by atoms with van der Waals surface area (Å²) in [4.78, 5) is 14.7. The fourth-order valence-electron chi connectivity index (χ4n) is 3.56. The summed E-state index contributed by atoms with van der Waals surface area (Å²) in [6.45, 7) is 2.30. The highest BCUT2D eigenvalue weighted by molar-refractivity contribution is 5.79. The molecule has 3 rings (SSSR count). The molecule has 2 aliphatic rings. The summed E-state index contributed by atoms with van der Waals surface area (Å²) in [5.41, 5.74) is 1.60. The van der Waals surface area contributed by atoms with Crippen molar-refractivity contribution in [3.8, 4) is 6.07 Å². The van der Waals surface area contributed by atoms with Crippen LogP contribution in [-0.4, -0.2) is 36.0 Å². The van der Waals surface area contributed by atoms with E-state index < -0.39 is 0 Å². The van der Waals surface area contributed by atoms with Gasteiger partial charge in [0.1, 0.15) is 0 Å². The van der Waals surface area contributed by atoms with E-state index in [2.05, 4.69) is 16.3 Å². The summed E-state index contributed by atoms with van der Waals surface area (Å²) in [6, 6.07) is 10.2. The van der Waals surface area contributed by atoms with Crippen LogP contribution in [0, 0.1) is 11.3 Å². The van der Waals surface area contributed by atoms with Crippen molar-refractivity contribution in [1.29, 1.82) is 5.26 Å². The smallest absolute Gasteiger partial charge is 0.224 e. The molecule has 4 heteroatoms. The van der Waals surface area contributed by atoms with E-state index >= 15 is 0 Å². The third-order valence-corrected chi connectivity index (χ3v) is 4.65. The second-order valence-electron chi connectivity index (χ2n) is 6.05. The zero-order chi connectivity index (χ0) is 14.7. The van der Waals surface area contributed by atoms with Gasteiger partial charge in [0, 0.05) is 18.6 Å². The van der Waals surface area contributed by atoms with Crippen molar-refractivity contribution in [2.75, 3.05) is 13.1 Å². The zero-order valence-electron chi connectivity index (χ0n) is 12.2. The molecule has 0 spiro atoms. The molecule has 2 unspecified atom stereocenters. The van der Waals surface area contributed by atoms with Crippen LogP contribution in [0.3, 0.4) is 0 Å². The Morgan fingerprint density at radius 3 is 2.81 bits per heavy atom. The summed E-state index contributed by atoms with van der Waals surface area (Å²) in [7, 11) is 0.